The van der Waals surface area contributed by atoms with Crippen molar-refractivity contribution in [2.75, 3.05) is 20.1 Å². The van der Waals surface area contributed by atoms with Gasteiger partial charge in [-0.05, 0) is 26.7 Å². The lowest BCUT2D eigenvalue weighted by atomic mass is 9.99. The van der Waals surface area contributed by atoms with Crippen molar-refractivity contribution >= 4 is 12.0 Å². The van der Waals surface area contributed by atoms with E-state index in [1.54, 1.807) is 16.8 Å². The summed E-state index contributed by atoms with van der Waals surface area (Å²) < 4.78 is 5.36. The highest BCUT2D eigenvalue weighted by atomic mass is 16.6. The van der Waals surface area contributed by atoms with E-state index in [1.807, 2.05) is 34.6 Å². The molecule has 1 heterocycles. The average molecular weight is 256 g/mol. The SMILES string of the molecule is CC(C)[C@@H]1C(=O)N(C)CCN1C(=O)OC(C)(C)C. The largest absolute Gasteiger partial charge is 0.444 e. The molecular formula is C13H24N2O3. The van der Waals surface area contributed by atoms with Crippen LogP contribution >= 0.6 is 0 Å². The summed E-state index contributed by atoms with van der Waals surface area (Å²) in [5.74, 6) is 0.0647. The molecule has 1 rings (SSSR count). The summed E-state index contributed by atoms with van der Waals surface area (Å²) in [5, 5.41) is 0. The number of rotatable bonds is 1. The second-order valence-corrected chi connectivity index (χ2v) is 6.12. The number of carbonyl (C=O) groups excluding carboxylic acids is 2. The van der Waals surface area contributed by atoms with Crippen LogP contribution in [0.3, 0.4) is 0 Å². The average Bonchev–Trinajstić information content (AvgIpc) is 2.18. The highest BCUT2D eigenvalue weighted by molar-refractivity contribution is 5.87. The van der Waals surface area contributed by atoms with Gasteiger partial charge in [-0.25, -0.2) is 4.79 Å². The van der Waals surface area contributed by atoms with E-state index in [2.05, 4.69) is 0 Å². The highest BCUT2D eigenvalue weighted by Crippen LogP contribution is 2.20. The zero-order valence-corrected chi connectivity index (χ0v) is 12.2. The molecule has 104 valence electrons. The summed E-state index contributed by atoms with van der Waals surface area (Å²) in [6.45, 7) is 10.5. The fourth-order valence-corrected chi connectivity index (χ4v) is 2.04. The predicted molar refractivity (Wildman–Crippen MR) is 69.2 cm³/mol. The summed E-state index contributed by atoms with van der Waals surface area (Å²) >= 11 is 0. The Morgan fingerprint density at radius 1 is 1.33 bits per heavy atom. The van der Waals surface area contributed by atoms with Crippen LogP contribution < -0.4 is 0 Å². The van der Waals surface area contributed by atoms with Gasteiger partial charge < -0.3 is 9.64 Å². The van der Waals surface area contributed by atoms with Crippen LogP contribution in [0.15, 0.2) is 0 Å². The van der Waals surface area contributed by atoms with Gasteiger partial charge in [0.25, 0.3) is 0 Å². The van der Waals surface area contributed by atoms with Crippen LogP contribution in [0.25, 0.3) is 0 Å². The van der Waals surface area contributed by atoms with Gasteiger partial charge in [0.2, 0.25) is 5.91 Å². The van der Waals surface area contributed by atoms with Gasteiger partial charge in [-0.1, -0.05) is 13.8 Å². The Morgan fingerprint density at radius 2 is 1.89 bits per heavy atom. The van der Waals surface area contributed by atoms with E-state index >= 15 is 0 Å². The van der Waals surface area contributed by atoms with Crippen LogP contribution in [0.4, 0.5) is 4.79 Å². The van der Waals surface area contributed by atoms with Gasteiger partial charge in [-0.3, -0.25) is 9.69 Å². The Labute approximate surface area is 109 Å². The molecule has 0 N–H and O–H groups in total. The van der Waals surface area contributed by atoms with Crippen molar-refractivity contribution < 1.29 is 14.3 Å². The minimum absolute atomic E-state index is 0.0119. The van der Waals surface area contributed by atoms with Crippen LogP contribution in [0.2, 0.25) is 0 Å². The third kappa shape index (κ3) is 3.37. The molecule has 0 aromatic heterocycles. The van der Waals surface area contributed by atoms with Gasteiger partial charge in [0.15, 0.2) is 0 Å². The van der Waals surface area contributed by atoms with Crippen molar-refractivity contribution in [3.63, 3.8) is 0 Å². The molecule has 5 heteroatoms. The van der Waals surface area contributed by atoms with Crippen molar-refractivity contribution in [1.29, 1.82) is 0 Å². The minimum atomic E-state index is -0.537. The molecular weight excluding hydrogens is 232 g/mol. The maximum atomic E-state index is 12.1. The predicted octanol–water partition coefficient (Wildman–Crippen LogP) is 1.72. The second-order valence-electron chi connectivity index (χ2n) is 6.12. The molecule has 1 aliphatic heterocycles. The van der Waals surface area contributed by atoms with E-state index in [0.29, 0.717) is 13.1 Å². The minimum Gasteiger partial charge on any atom is -0.444 e. The summed E-state index contributed by atoms with van der Waals surface area (Å²) in [4.78, 5) is 27.5. The van der Waals surface area contributed by atoms with Crippen LogP contribution in [0.1, 0.15) is 34.6 Å². The summed E-state index contributed by atoms with van der Waals surface area (Å²) in [6.07, 6.45) is -0.400. The lowest BCUT2D eigenvalue weighted by Gasteiger charge is -2.41. The Kier molecular flexibility index (Phi) is 4.24. The number of likely N-dealkylation sites (N-methyl/N-ethyl adjacent to an activating group) is 1. The summed E-state index contributed by atoms with van der Waals surface area (Å²) in [5.41, 5.74) is -0.537. The molecule has 1 aliphatic rings. The third-order valence-corrected chi connectivity index (χ3v) is 2.90. The van der Waals surface area contributed by atoms with Crippen molar-refractivity contribution in [2.24, 2.45) is 5.92 Å². The highest BCUT2D eigenvalue weighted by Gasteiger charge is 2.39. The van der Waals surface area contributed by atoms with Gasteiger partial charge in [0.1, 0.15) is 11.6 Å². The zero-order valence-electron chi connectivity index (χ0n) is 12.2. The number of piperazine rings is 1. The molecule has 0 bridgehead atoms. The standard InChI is InChI=1S/C13H24N2O3/c1-9(2)10-11(16)14(6)7-8-15(10)12(17)18-13(3,4)5/h9-10H,7-8H2,1-6H3/t10-/m1/s1. The van der Waals surface area contributed by atoms with E-state index in [9.17, 15) is 9.59 Å². The fourth-order valence-electron chi connectivity index (χ4n) is 2.04. The number of hydrogen-bond acceptors (Lipinski definition) is 3. The maximum Gasteiger partial charge on any atom is 0.411 e. The summed E-state index contributed by atoms with van der Waals surface area (Å²) in [7, 11) is 1.77. The van der Waals surface area contributed by atoms with Gasteiger partial charge in [0, 0.05) is 20.1 Å². The first-order chi connectivity index (χ1) is 8.13. The van der Waals surface area contributed by atoms with E-state index in [1.165, 1.54) is 0 Å². The topological polar surface area (TPSA) is 49.9 Å². The molecule has 1 saturated heterocycles. The number of nitrogens with zero attached hydrogens (tertiary/aromatic N) is 2. The van der Waals surface area contributed by atoms with Crippen molar-refractivity contribution in [3.8, 4) is 0 Å². The van der Waals surface area contributed by atoms with Gasteiger partial charge in [-0.15, -0.1) is 0 Å². The molecule has 0 aromatic rings. The molecule has 0 radical (unpaired) electrons. The van der Waals surface area contributed by atoms with Crippen molar-refractivity contribution in [2.45, 2.75) is 46.3 Å². The quantitative estimate of drug-likeness (QED) is 0.717. The van der Waals surface area contributed by atoms with E-state index in [-0.39, 0.29) is 11.8 Å². The van der Waals surface area contributed by atoms with E-state index in [4.69, 9.17) is 4.74 Å². The van der Waals surface area contributed by atoms with Gasteiger partial charge >= 0.3 is 6.09 Å². The van der Waals surface area contributed by atoms with Gasteiger partial charge in [-0.2, -0.15) is 0 Å². The lowest BCUT2D eigenvalue weighted by Crippen LogP contribution is -2.60. The van der Waals surface area contributed by atoms with Crippen LogP contribution in [-0.2, 0) is 9.53 Å². The Bertz CT molecular complexity index is 334. The normalized spacial score (nSPS) is 21.5. The number of ether oxygens (including phenoxy) is 1. The molecule has 2 amide bonds. The molecule has 0 unspecified atom stereocenters. The lowest BCUT2D eigenvalue weighted by molar-refractivity contribution is -0.141. The summed E-state index contributed by atoms with van der Waals surface area (Å²) in [6, 6.07) is -0.418. The first-order valence-corrected chi connectivity index (χ1v) is 6.38. The molecule has 0 aromatic carbocycles. The van der Waals surface area contributed by atoms with E-state index in [0.717, 1.165) is 0 Å². The third-order valence-electron chi connectivity index (χ3n) is 2.90. The van der Waals surface area contributed by atoms with Crippen molar-refractivity contribution in [3.05, 3.63) is 0 Å². The number of amides is 2. The smallest absolute Gasteiger partial charge is 0.411 e. The first kappa shape index (κ1) is 14.8. The molecule has 0 saturated carbocycles. The molecule has 1 atom stereocenters. The molecule has 0 spiro atoms. The maximum absolute atomic E-state index is 12.1. The fraction of sp³-hybridized carbons (Fsp3) is 0.846. The van der Waals surface area contributed by atoms with Crippen molar-refractivity contribution in [1.82, 2.24) is 9.80 Å². The molecule has 18 heavy (non-hydrogen) atoms. The number of carbonyl (C=O) groups is 2. The molecule has 0 aliphatic carbocycles. The first-order valence-electron chi connectivity index (χ1n) is 6.38. The number of hydrogen-bond donors (Lipinski definition) is 0. The van der Waals surface area contributed by atoms with E-state index < -0.39 is 17.7 Å². The Hall–Kier alpha value is -1.26. The monoisotopic (exact) mass is 256 g/mol. The van der Waals surface area contributed by atoms with Gasteiger partial charge in [0.05, 0.1) is 0 Å². The molecule has 5 nitrogen and oxygen atoms in total. The van der Waals surface area contributed by atoms with Crippen LogP contribution in [-0.4, -0.2) is 53.6 Å². The Balaban J connectivity index is 2.86. The zero-order chi connectivity index (χ0) is 14.1. The Morgan fingerprint density at radius 3 is 2.33 bits per heavy atom. The molecule has 1 fully saturated rings. The van der Waals surface area contributed by atoms with Crippen LogP contribution in [0, 0.1) is 5.92 Å². The second kappa shape index (κ2) is 5.16. The van der Waals surface area contributed by atoms with Crippen LogP contribution in [0.5, 0.6) is 0 Å².